The number of hydrogen-bond donors (Lipinski definition) is 1. The molecule has 2 heterocycles. The van der Waals surface area contributed by atoms with Gasteiger partial charge in [-0.1, -0.05) is 0 Å². The Hall–Kier alpha value is -0.800. The van der Waals surface area contributed by atoms with Gasteiger partial charge < -0.3 is 4.98 Å². The van der Waals surface area contributed by atoms with Crippen molar-refractivity contribution in [2.75, 3.05) is 0 Å². The summed E-state index contributed by atoms with van der Waals surface area (Å²) in [5, 5.41) is 0.406. The van der Waals surface area contributed by atoms with Gasteiger partial charge in [0.25, 0.3) is 0 Å². The first-order valence-electron chi connectivity index (χ1n) is 2.81. The highest BCUT2D eigenvalue weighted by Gasteiger charge is 1.96. The molecule has 0 spiro atoms. The van der Waals surface area contributed by atoms with Crippen molar-refractivity contribution in [1.82, 2.24) is 15.0 Å². The van der Waals surface area contributed by atoms with Crippen molar-refractivity contribution >= 4 is 35.0 Å². The maximum Gasteiger partial charge on any atom is 0.201 e. The predicted octanol–water partition coefficient (Wildman–Crippen LogP) is 2.03. The van der Waals surface area contributed by atoms with E-state index in [1.165, 1.54) is 0 Å². The fraction of sp³-hybridized carbons (Fsp3) is 0. The minimum Gasteiger partial charge on any atom is -0.327 e. The monoisotopic (exact) mass is 189 g/mol. The van der Waals surface area contributed by atoms with Crippen molar-refractivity contribution in [2.45, 2.75) is 0 Å². The number of aromatic nitrogens is 3. The zero-order valence-corrected chi connectivity index (χ0v) is 6.99. The molecule has 1 N–H and O–H groups in total. The Balaban J connectivity index is 0.000000605. The zero-order chi connectivity index (χ0) is 6.97. The molecule has 2 rings (SSSR count). The molecule has 0 saturated carbocycles. The van der Waals surface area contributed by atoms with Crippen LogP contribution in [0.15, 0.2) is 18.5 Å². The molecule has 0 fully saturated rings. The smallest absolute Gasteiger partial charge is 0.201 e. The molecule has 0 saturated heterocycles. The molecule has 11 heavy (non-hydrogen) atoms. The lowest BCUT2D eigenvalue weighted by Crippen LogP contribution is -1.69. The van der Waals surface area contributed by atoms with Crippen LogP contribution in [-0.2, 0) is 0 Å². The highest BCUT2D eigenvalue weighted by molar-refractivity contribution is 6.29. The molecule has 0 aliphatic rings. The zero-order valence-electron chi connectivity index (χ0n) is 5.41. The average Bonchev–Trinajstić information content (AvgIpc) is 2.27. The topological polar surface area (TPSA) is 41.6 Å². The predicted molar refractivity (Wildman–Crippen MR) is 46.1 cm³/mol. The van der Waals surface area contributed by atoms with E-state index in [-0.39, 0.29) is 12.4 Å². The van der Waals surface area contributed by atoms with Gasteiger partial charge in [0.1, 0.15) is 0 Å². The maximum atomic E-state index is 5.59. The third-order valence-electron chi connectivity index (χ3n) is 1.25. The van der Waals surface area contributed by atoms with Gasteiger partial charge in [-0.25, -0.2) is 4.98 Å². The summed E-state index contributed by atoms with van der Waals surface area (Å²) in [7, 11) is 0. The van der Waals surface area contributed by atoms with Crippen LogP contribution in [0.4, 0.5) is 0 Å². The van der Waals surface area contributed by atoms with E-state index >= 15 is 0 Å². The summed E-state index contributed by atoms with van der Waals surface area (Å²) < 4.78 is 0. The number of aromatic amines is 1. The molecule has 0 amide bonds. The first kappa shape index (κ1) is 8.30. The van der Waals surface area contributed by atoms with E-state index in [1.54, 1.807) is 18.5 Å². The third-order valence-corrected chi connectivity index (χ3v) is 1.43. The number of H-pyrrole nitrogens is 1. The van der Waals surface area contributed by atoms with Crippen LogP contribution in [0.1, 0.15) is 0 Å². The molecule has 58 valence electrons. The summed E-state index contributed by atoms with van der Waals surface area (Å²) in [4.78, 5) is 10.7. The molecule has 0 aliphatic carbocycles. The number of pyridine rings is 1. The highest BCUT2D eigenvalue weighted by Crippen LogP contribution is 2.11. The number of nitrogens with one attached hydrogen (secondary N) is 1. The van der Waals surface area contributed by atoms with Gasteiger partial charge >= 0.3 is 0 Å². The van der Waals surface area contributed by atoms with Crippen LogP contribution < -0.4 is 0 Å². The molecule has 5 heteroatoms. The van der Waals surface area contributed by atoms with Gasteiger partial charge in [0.05, 0.1) is 17.2 Å². The number of hydrogen-bond acceptors (Lipinski definition) is 2. The lowest BCUT2D eigenvalue weighted by Gasteiger charge is -1.80. The molecule has 2 aromatic heterocycles. The molecule has 0 radical (unpaired) electrons. The molecule has 0 bridgehead atoms. The van der Waals surface area contributed by atoms with Crippen LogP contribution in [0.5, 0.6) is 0 Å². The van der Waals surface area contributed by atoms with Crippen LogP contribution in [0, 0.1) is 0 Å². The number of rotatable bonds is 0. The molecular formula is C6H5Cl2N3. The Labute approximate surface area is 74.2 Å². The van der Waals surface area contributed by atoms with E-state index in [4.69, 9.17) is 11.6 Å². The SMILES string of the molecule is Cl.Clc1nc2ccncc2[nH]1. The second-order valence-electron chi connectivity index (χ2n) is 1.92. The Bertz CT molecular complexity index is 324. The van der Waals surface area contributed by atoms with Crippen LogP contribution in [0.2, 0.25) is 5.28 Å². The normalized spacial score (nSPS) is 9.55. The molecule has 0 aliphatic heterocycles. The Kier molecular flexibility index (Phi) is 2.31. The molecule has 0 atom stereocenters. The van der Waals surface area contributed by atoms with Gasteiger partial charge in [0, 0.05) is 6.20 Å². The van der Waals surface area contributed by atoms with Crippen LogP contribution in [-0.4, -0.2) is 15.0 Å². The summed E-state index contributed by atoms with van der Waals surface area (Å²) >= 11 is 5.59. The van der Waals surface area contributed by atoms with Crippen molar-refractivity contribution in [3.05, 3.63) is 23.7 Å². The van der Waals surface area contributed by atoms with Crippen molar-refractivity contribution < 1.29 is 0 Å². The lowest BCUT2D eigenvalue weighted by atomic mass is 10.4. The van der Waals surface area contributed by atoms with Crippen molar-refractivity contribution in [3.8, 4) is 0 Å². The van der Waals surface area contributed by atoms with Gasteiger partial charge in [-0.05, 0) is 17.7 Å². The largest absolute Gasteiger partial charge is 0.327 e. The lowest BCUT2D eigenvalue weighted by molar-refractivity contribution is 1.33. The average molecular weight is 190 g/mol. The van der Waals surface area contributed by atoms with Crippen LogP contribution in [0.3, 0.4) is 0 Å². The summed E-state index contributed by atoms with van der Waals surface area (Å²) in [6.07, 6.45) is 3.37. The summed E-state index contributed by atoms with van der Waals surface area (Å²) in [5.41, 5.74) is 1.72. The number of nitrogens with zero attached hydrogens (tertiary/aromatic N) is 2. The van der Waals surface area contributed by atoms with Gasteiger partial charge in [-0.15, -0.1) is 12.4 Å². The van der Waals surface area contributed by atoms with Crippen molar-refractivity contribution in [3.63, 3.8) is 0 Å². The first-order chi connectivity index (χ1) is 4.86. The van der Waals surface area contributed by atoms with Crippen molar-refractivity contribution in [2.24, 2.45) is 0 Å². The summed E-state index contributed by atoms with van der Waals surface area (Å²) in [6, 6.07) is 1.80. The molecule has 3 nitrogen and oxygen atoms in total. The molecule has 2 aromatic rings. The Morgan fingerprint density at radius 3 is 3.00 bits per heavy atom. The Morgan fingerprint density at radius 2 is 2.27 bits per heavy atom. The number of halogens is 2. The van der Waals surface area contributed by atoms with Crippen LogP contribution in [0.25, 0.3) is 11.0 Å². The molecular weight excluding hydrogens is 185 g/mol. The van der Waals surface area contributed by atoms with E-state index in [1.807, 2.05) is 0 Å². The van der Waals surface area contributed by atoms with E-state index in [2.05, 4.69) is 15.0 Å². The molecule has 0 aromatic carbocycles. The fourth-order valence-electron chi connectivity index (χ4n) is 0.826. The molecule has 0 unspecified atom stereocenters. The second kappa shape index (κ2) is 3.07. The third kappa shape index (κ3) is 1.44. The van der Waals surface area contributed by atoms with E-state index in [0.29, 0.717) is 5.28 Å². The minimum absolute atomic E-state index is 0. The van der Waals surface area contributed by atoms with Gasteiger partial charge in [-0.2, -0.15) is 0 Å². The van der Waals surface area contributed by atoms with Crippen LogP contribution >= 0.6 is 24.0 Å². The standard InChI is InChI=1S/C6H4ClN3.ClH/c7-6-9-4-1-2-8-3-5(4)10-6;/h1-3H,(H,9,10);1H. The number of fused-ring (bicyclic) bond motifs is 1. The van der Waals surface area contributed by atoms with Crippen molar-refractivity contribution in [1.29, 1.82) is 0 Å². The fourth-order valence-corrected chi connectivity index (χ4v) is 1.02. The summed E-state index contributed by atoms with van der Waals surface area (Å²) in [6.45, 7) is 0. The summed E-state index contributed by atoms with van der Waals surface area (Å²) in [5.74, 6) is 0. The van der Waals surface area contributed by atoms with Gasteiger partial charge in [0.2, 0.25) is 5.28 Å². The maximum absolute atomic E-state index is 5.59. The van der Waals surface area contributed by atoms with E-state index < -0.39 is 0 Å². The first-order valence-corrected chi connectivity index (χ1v) is 3.19. The quantitative estimate of drug-likeness (QED) is 0.690. The van der Waals surface area contributed by atoms with Gasteiger partial charge in [0.15, 0.2) is 0 Å². The van der Waals surface area contributed by atoms with Gasteiger partial charge in [-0.3, -0.25) is 4.98 Å². The second-order valence-corrected chi connectivity index (χ2v) is 2.28. The highest BCUT2D eigenvalue weighted by atomic mass is 35.5. The minimum atomic E-state index is 0. The number of imidazole rings is 1. The van der Waals surface area contributed by atoms with E-state index in [9.17, 15) is 0 Å². The van der Waals surface area contributed by atoms with E-state index in [0.717, 1.165) is 11.0 Å². The Morgan fingerprint density at radius 1 is 1.45 bits per heavy atom.